The highest BCUT2D eigenvalue weighted by Gasteiger charge is 2.02. The van der Waals surface area contributed by atoms with Crippen molar-refractivity contribution >= 4 is 11.8 Å². The minimum atomic E-state index is 0.953. The summed E-state index contributed by atoms with van der Waals surface area (Å²) in [5, 5.41) is 3.39. The van der Waals surface area contributed by atoms with Crippen LogP contribution in [0.3, 0.4) is 0 Å². The molecule has 2 rings (SSSR count). The highest BCUT2D eigenvalue weighted by Crippen LogP contribution is 2.26. The van der Waals surface area contributed by atoms with Gasteiger partial charge >= 0.3 is 0 Å². The molecule has 2 aromatic rings. The van der Waals surface area contributed by atoms with Crippen LogP contribution in [0, 0.1) is 0 Å². The van der Waals surface area contributed by atoms with Crippen LogP contribution in [0.25, 0.3) is 0 Å². The molecule has 0 atom stereocenters. The summed E-state index contributed by atoms with van der Waals surface area (Å²) in [6.45, 7) is 4.10. The highest BCUT2D eigenvalue weighted by atomic mass is 32.2. The molecule has 0 fully saturated rings. The molecule has 0 aliphatic rings. The molecule has 0 spiro atoms. The molecule has 0 bridgehead atoms. The van der Waals surface area contributed by atoms with Crippen molar-refractivity contribution in [2.75, 3.05) is 6.54 Å². The van der Waals surface area contributed by atoms with E-state index in [9.17, 15) is 0 Å². The SMILES string of the molecule is CCNCc1ccccc1SCc1ccccc1. The van der Waals surface area contributed by atoms with Gasteiger partial charge in [0.25, 0.3) is 0 Å². The van der Waals surface area contributed by atoms with Crippen molar-refractivity contribution in [3.63, 3.8) is 0 Å². The van der Waals surface area contributed by atoms with E-state index in [4.69, 9.17) is 0 Å². The Morgan fingerprint density at radius 2 is 1.67 bits per heavy atom. The van der Waals surface area contributed by atoms with Crippen molar-refractivity contribution < 1.29 is 0 Å². The molecule has 0 heterocycles. The zero-order valence-corrected chi connectivity index (χ0v) is 11.5. The molecule has 0 aliphatic heterocycles. The van der Waals surface area contributed by atoms with Crippen LogP contribution in [0.5, 0.6) is 0 Å². The zero-order chi connectivity index (χ0) is 12.6. The number of hydrogen-bond donors (Lipinski definition) is 1. The Labute approximate surface area is 114 Å². The Hall–Kier alpha value is -1.25. The number of hydrogen-bond acceptors (Lipinski definition) is 2. The van der Waals surface area contributed by atoms with Crippen LogP contribution in [0.1, 0.15) is 18.1 Å². The average molecular weight is 257 g/mol. The Bertz CT molecular complexity index is 468. The quantitative estimate of drug-likeness (QED) is 0.782. The standard InChI is InChI=1S/C16H19NS/c1-2-17-12-15-10-6-7-11-16(15)18-13-14-8-4-3-5-9-14/h3-11,17H,2,12-13H2,1H3. The van der Waals surface area contributed by atoms with Gasteiger partial charge in [-0.15, -0.1) is 11.8 Å². The Balaban J connectivity index is 2.00. The lowest BCUT2D eigenvalue weighted by molar-refractivity contribution is 0.718. The minimum Gasteiger partial charge on any atom is -0.313 e. The molecule has 18 heavy (non-hydrogen) atoms. The van der Waals surface area contributed by atoms with Gasteiger partial charge in [0, 0.05) is 17.2 Å². The van der Waals surface area contributed by atoms with Crippen LogP contribution in [-0.4, -0.2) is 6.54 Å². The molecule has 0 unspecified atom stereocenters. The van der Waals surface area contributed by atoms with E-state index in [1.165, 1.54) is 16.0 Å². The summed E-state index contributed by atoms with van der Waals surface area (Å²) in [4.78, 5) is 1.38. The lowest BCUT2D eigenvalue weighted by Gasteiger charge is -2.09. The van der Waals surface area contributed by atoms with E-state index in [1.807, 2.05) is 11.8 Å². The van der Waals surface area contributed by atoms with Crippen LogP contribution in [0.4, 0.5) is 0 Å². The van der Waals surface area contributed by atoms with Gasteiger partial charge in [-0.2, -0.15) is 0 Å². The fourth-order valence-electron chi connectivity index (χ4n) is 1.79. The summed E-state index contributed by atoms with van der Waals surface area (Å²) < 4.78 is 0. The minimum absolute atomic E-state index is 0.953. The van der Waals surface area contributed by atoms with Gasteiger partial charge in [0.2, 0.25) is 0 Å². The third kappa shape index (κ3) is 3.90. The lowest BCUT2D eigenvalue weighted by Crippen LogP contribution is -2.12. The van der Waals surface area contributed by atoms with Crippen molar-refractivity contribution in [3.8, 4) is 0 Å². The first-order valence-electron chi connectivity index (χ1n) is 6.35. The first-order chi connectivity index (χ1) is 8.90. The number of thioether (sulfide) groups is 1. The van der Waals surface area contributed by atoms with Crippen molar-refractivity contribution in [3.05, 3.63) is 65.7 Å². The molecule has 0 radical (unpaired) electrons. The van der Waals surface area contributed by atoms with E-state index in [0.29, 0.717) is 0 Å². The molecule has 0 saturated carbocycles. The molecule has 1 N–H and O–H groups in total. The van der Waals surface area contributed by atoms with Crippen LogP contribution >= 0.6 is 11.8 Å². The smallest absolute Gasteiger partial charge is 0.0232 e. The van der Waals surface area contributed by atoms with Crippen molar-refractivity contribution in [2.24, 2.45) is 0 Å². The van der Waals surface area contributed by atoms with Gasteiger partial charge in [0.1, 0.15) is 0 Å². The van der Waals surface area contributed by atoms with E-state index in [0.717, 1.165) is 18.8 Å². The maximum absolute atomic E-state index is 3.39. The maximum Gasteiger partial charge on any atom is 0.0232 e. The Morgan fingerprint density at radius 3 is 2.44 bits per heavy atom. The van der Waals surface area contributed by atoms with E-state index in [-0.39, 0.29) is 0 Å². The van der Waals surface area contributed by atoms with Crippen LogP contribution in [0.15, 0.2) is 59.5 Å². The molecule has 94 valence electrons. The summed E-state index contributed by atoms with van der Waals surface area (Å²) in [7, 11) is 0. The Kier molecular flexibility index (Phi) is 5.31. The van der Waals surface area contributed by atoms with Crippen molar-refractivity contribution in [1.82, 2.24) is 5.32 Å². The van der Waals surface area contributed by atoms with E-state index in [2.05, 4.69) is 66.8 Å². The molecule has 0 saturated heterocycles. The van der Waals surface area contributed by atoms with Gasteiger partial charge in [-0.25, -0.2) is 0 Å². The fourth-order valence-corrected chi connectivity index (χ4v) is 2.80. The largest absolute Gasteiger partial charge is 0.313 e. The van der Waals surface area contributed by atoms with E-state index in [1.54, 1.807) is 0 Å². The predicted molar refractivity (Wildman–Crippen MR) is 79.8 cm³/mol. The van der Waals surface area contributed by atoms with Gasteiger partial charge in [-0.1, -0.05) is 55.5 Å². The summed E-state index contributed by atoms with van der Waals surface area (Å²) in [6.07, 6.45) is 0. The Morgan fingerprint density at radius 1 is 0.944 bits per heavy atom. The molecule has 2 aromatic carbocycles. The number of nitrogens with one attached hydrogen (secondary N) is 1. The monoisotopic (exact) mass is 257 g/mol. The normalized spacial score (nSPS) is 10.5. The summed E-state index contributed by atoms with van der Waals surface area (Å²) in [5.74, 6) is 1.03. The predicted octanol–water partition coefficient (Wildman–Crippen LogP) is 4.09. The summed E-state index contributed by atoms with van der Waals surface area (Å²) >= 11 is 1.91. The molecule has 0 amide bonds. The lowest BCUT2D eigenvalue weighted by atomic mass is 10.2. The molecular weight excluding hydrogens is 238 g/mol. The zero-order valence-electron chi connectivity index (χ0n) is 10.7. The summed E-state index contributed by atoms with van der Waals surface area (Å²) in [5.41, 5.74) is 2.76. The van der Waals surface area contributed by atoms with Crippen LogP contribution in [-0.2, 0) is 12.3 Å². The van der Waals surface area contributed by atoms with E-state index >= 15 is 0 Å². The second-order valence-electron chi connectivity index (χ2n) is 4.16. The second-order valence-corrected chi connectivity index (χ2v) is 5.18. The van der Waals surface area contributed by atoms with E-state index < -0.39 is 0 Å². The number of benzene rings is 2. The number of rotatable bonds is 6. The van der Waals surface area contributed by atoms with Crippen molar-refractivity contribution in [2.45, 2.75) is 24.1 Å². The first-order valence-corrected chi connectivity index (χ1v) is 7.34. The topological polar surface area (TPSA) is 12.0 Å². The van der Waals surface area contributed by atoms with Gasteiger partial charge in [0.15, 0.2) is 0 Å². The van der Waals surface area contributed by atoms with Gasteiger partial charge in [0.05, 0.1) is 0 Å². The molecule has 2 heteroatoms. The van der Waals surface area contributed by atoms with Gasteiger partial charge in [-0.3, -0.25) is 0 Å². The van der Waals surface area contributed by atoms with Gasteiger partial charge in [-0.05, 0) is 23.7 Å². The molecular formula is C16H19NS. The molecule has 1 nitrogen and oxygen atoms in total. The maximum atomic E-state index is 3.39. The van der Waals surface area contributed by atoms with Gasteiger partial charge < -0.3 is 5.32 Å². The second kappa shape index (κ2) is 7.24. The van der Waals surface area contributed by atoms with Crippen molar-refractivity contribution in [1.29, 1.82) is 0 Å². The first kappa shape index (κ1) is 13.2. The third-order valence-corrected chi connectivity index (χ3v) is 3.96. The third-order valence-electron chi connectivity index (χ3n) is 2.78. The fraction of sp³-hybridized carbons (Fsp3) is 0.250. The molecule has 0 aliphatic carbocycles. The average Bonchev–Trinajstić information content (AvgIpc) is 2.45. The summed E-state index contributed by atoms with van der Waals surface area (Å²) in [6, 6.07) is 19.3. The van der Waals surface area contributed by atoms with Crippen LogP contribution < -0.4 is 5.32 Å². The highest BCUT2D eigenvalue weighted by molar-refractivity contribution is 7.98. The molecule has 0 aromatic heterocycles. The van der Waals surface area contributed by atoms with Crippen LogP contribution in [0.2, 0.25) is 0 Å².